The highest BCUT2D eigenvalue weighted by atomic mass is 32.2. The van der Waals surface area contributed by atoms with Crippen molar-refractivity contribution in [2.45, 2.75) is 30.7 Å². The first-order chi connectivity index (χ1) is 10.9. The van der Waals surface area contributed by atoms with Gasteiger partial charge in [0, 0.05) is 6.04 Å². The van der Waals surface area contributed by atoms with Crippen molar-refractivity contribution in [3.05, 3.63) is 29.8 Å². The summed E-state index contributed by atoms with van der Waals surface area (Å²) in [4.78, 5) is 13.0. The standard InChI is InChI=1S/C8H14N2O2.C7H8O3S/c11-8-10(5-6-12-8)7-1-3-9-4-2-7;1-6-2-4-7(5-3-6)11(8,9)10/h7,9H,1-6H2;2-5H,1H3,(H,8,9,10). The van der Waals surface area contributed by atoms with Crippen LogP contribution in [0.25, 0.3) is 0 Å². The van der Waals surface area contributed by atoms with Gasteiger partial charge in [0.25, 0.3) is 10.1 Å². The number of nitrogens with zero attached hydrogens (tertiary/aromatic N) is 1. The summed E-state index contributed by atoms with van der Waals surface area (Å²) in [5, 5.41) is 3.27. The molecule has 0 radical (unpaired) electrons. The van der Waals surface area contributed by atoms with Gasteiger partial charge in [0.05, 0.1) is 11.4 Å². The molecule has 23 heavy (non-hydrogen) atoms. The molecule has 7 nitrogen and oxygen atoms in total. The Balaban J connectivity index is 0.000000168. The predicted molar refractivity (Wildman–Crippen MR) is 84.9 cm³/mol. The average molecular weight is 342 g/mol. The van der Waals surface area contributed by atoms with E-state index in [9.17, 15) is 13.2 Å². The Morgan fingerprint density at radius 2 is 1.83 bits per heavy atom. The normalized spacial score (nSPS) is 19.0. The topological polar surface area (TPSA) is 95.9 Å². The molecular weight excluding hydrogens is 320 g/mol. The Kier molecular flexibility index (Phi) is 5.97. The molecule has 128 valence electrons. The molecule has 8 heteroatoms. The van der Waals surface area contributed by atoms with Crippen molar-refractivity contribution in [3.63, 3.8) is 0 Å². The van der Waals surface area contributed by atoms with Gasteiger partial charge in [-0.1, -0.05) is 17.7 Å². The van der Waals surface area contributed by atoms with Gasteiger partial charge in [-0.2, -0.15) is 8.42 Å². The fourth-order valence-corrected chi connectivity index (χ4v) is 3.05. The number of ether oxygens (including phenoxy) is 1. The molecule has 0 saturated carbocycles. The van der Waals surface area contributed by atoms with Crippen molar-refractivity contribution in [1.29, 1.82) is 0 Å². The number of carbonyl (C=O) groups excluding carboxylic acids is 1. The van der Waals surface area contributed by atoms with Gasteiger partial charge < -0.3 is 15.0 Å². The first-order valence-electron chi connectivity index (χ1n) is 7.56. The molecule has 0 unspecified atom stereocenters. The fourth-order valence-electron chi connectivity index (χ4n) is 2.57. The highest BCUT2D eigenvalue weighted by Gasteiger charge is 2.30. The van der Waals surface area contributed by atoms with Crippen molar-refractivity contribution < 1.29 is 22.5 Å². The Bertz CT molecular complexity index is 624. The summed E-state index contributed by atoms with van der Waals surface area (Å²) in [7, 11) is -4.02. The van der Waals surface area contributed by atoms with Gasteiger partial charge in [0.2, 0.25) is 0 Å². The van der Waals surface area contributed by atoms with Crippen molar-refractivity contribution in [2.24, 2.45) is 0 Å². The van der Waals surface area contributed by atoms with Crippen molar-refractivity contribution in [3.8, 4) is 0 Å². The predicted octanol–water partition coefficient (Wildman–Crippen LogP) is 1.43. The lowest BCUT2D eigenvalue weighted by atomic mass is 10.1. The first kappa shape index (κ1) is 17.7. The third kappa shape index (κ3) is 5.19. The first-order valence-corrected chi connectivity index (χ1v) is 9.00. The molecule has 1 aromatic carbocycles. The number of hydrogen-bond donors (Lipinski definition) is 2. The lowest BCUT2D eigenvalue weighted by molar-refractivity contribution is 0.140. The summed E-state index contributed by atoms with van der Waals surface area (Å²) >= 11 is 0. The van der Waals surface area contributed by atoms with E-state index in [4.69, 9.17) is 9.29 Å². The molecule has 3 rings (SSSR count). The van der Waals surface area contributed by atoms with Crippen LogP contribution in [0.4, 0.5) is 4.79 Å². The molecule has 2 fully saturated rings. The maximum absolute atomic E-state index is 11.2. The maximum Gasteiger partial charge on any atom is 0.410 e. The Hall–Kier alpha value is -1.64. The molecule has 0 aromatic heterocycles. The lowest BCUT2D eigenvalue weighted by Crippen LogP contribution is -2.43. The van der Waals surface area contributed by atoms with E-state index in [0.29, 0.717) is 12.6 Å². The van der Waals surface area contributed by atoms with Crippen LogP contribution < -0.4 is 5.32 Å². The second kappa shape index (κ2) is 7.76. The van der Waals surface area contributed by atoms with Crippen LogP contribution in [0.2, 0.25) is 0 Å². The summed E-state index contributed by atoms with van der Waals surface area (Å²) in [5.74, 6) is 0. The van der Waals surface area contributed by atoms with E-state index in [0.717, 1.165) is 38.0 Å². The lowest BCUT2D eigenvalue weighted by Gasteiger charge is -2.29. The number of amides is 1. The van der Waals surface area contributed by atoms with Crippen LogP contribution in [0.1, 0.15) is 18.4 Å². The minimum atomic E-state index is -4.02. The van der Waals surface area contributed by atoms with Crippen LogP contribution in [0.5, 0.6) is 0 Å². The van der Waals surface area contributed by atoms with Gasteiger partial charge in [-0.15, -0.1) is 0 Å². The number of rotatable bonds is 2. The molecule has 2 aliphatic heterocycles. The third-order valence-corrected chi connectivity index (χ3v) is 4.73. The zero-order valence-electron chi connectivity index (χ0n) is 13.1. The second-order valence-electron chi connectivity index (χ2n) is 5.58. The van der Waals surface area contributed by atoms with E-state index in [1.807, 2.05) is 11.8 Å². The van der Waals surface area contributed by atoms with Crippen LogP contribution in [-0.2, 0) is 14.9 Å². The molecule has 0 aliphatic carbocycles. The summed E-state index contributed by atoms with van der Waals surface area (Å²) in [6, 6.07) is 6.41. The van der Waals surface area contributed by atoms with Gasteiger partial charge in [-0.05, 0) is 45.0 Å². The zero-order valence-corrected chi connectivity index (χ0v) is 13.9. The van der Waals surface area contributed by atoms with E-state index in [-0.39, 0.29) is 11.0 Å². The van der Waals surface area contributed by atoms with Crippen LogP contribution in [-0.4, -0.2) is 56.2 Å². The Morgan fingerprint density at radius 3 is 2.30 bits per heavy atom. The molecule has 1 amide bonds. The third-order valence-electron chi connectivity index (χ3n) is 3.86. The molecule has 0 bridgehead atoms. The number of hydrogen-bond acceptors (Lipinski definition) is 5. The SMILES string of the molecule is Cc1ccc(S(=O)(=O)O)cc1.O=C1OCCN1C1CCNCC1. The number of cyclic esters (lactones) is 1. The van der Waals surface area contributed by atoms with Crippen LogP contribution >= 0.6 is 0 Å². The quantitative estimate of drug-likeness (QED) is 0.790. The maximum atomic E-state index is 11.2. The largest absolute Gasteiger partial charge is 0.448 e. The average Bonchev–Trinajstić information content (AvgIpc) is 2.94. The van der Waals surface area contributed by atoms with Gasteiger partial charge in [-0.25, -0.2) is 4.79 Å². The van der Waals surface area contributed by atoms with E-state index >= 15 is 0 Å². The number of piperidine rings is 1. The molecule has 2 aliphatic rings. The zero-order chi connectivity index (χ0) is 16.9. The fraction of sp³-hybridized carbons (Fsp3) is 0.533. The minimum absolute atomic E-state index is 0.0666. The van der Waals surface area contributed by atoms with Gasteiger partial charge in [0.15, 0.2) is 0 Å². The molecular formula is C15H22N2O5S. The van der Waals surface area contributed by atoms with Gasteiger partial charge in [0.1, 0.15) is 6.61 Å². The second-order valence-corrected chi connectivity index (χ2v) is 7.00. The highest BCUT2D eigenvalue weighted by Crippen LogP contribution is 2.16. The summed E-state index contributed by atoms with van der Waals surface area (Å²) in [6.45, 7) is 5.24. The number of aryl methyl sites for hydroxylation is 1. The number of nitrogens with one attached hydrogen (secondary N) is 1. The summed E-state index contributed by atoms with van der Waals surface area (Å²) < 4.78 is 34.4. The van der Waals surface area contributed by atoms with Crippen LogP contribution in [0.3, 0.4) is 0 Å². The Morgan fingerprint density at radius 1 is 1.22 bits per heavy atom. The van der Waals surface area contributed by atoms with Crippen molar-refractivity contribution in [1.82, 2.24) is 10.2 Å². The highest BCUT2D eigenvalue weighted by molar-refractivity contribution is 7.85. The Labute approximate surface area is 136 Å². The molecule has 1 aromatic rings. The van der Waals surface area contributed by atoms with Crippen LogP contribution in [0, 0.1) is 6.92 Å². The molecule has 2 N–H and O–H groups in total. The molecule has 2 heterocycles. The smallest absolute Gasteiger partial charge is 0.410 e. The minimum Gasteiger partial charge on any atom is -0.448 e. The van der Waals surface area contributed by atoms with Crippen LogP contribution in [0.15, 0.2) is 29.2 Å². The van der Waals surface area contributed by atoms with Crippen molar-refractivity contribution >= 4 is 16.2 Å². The van der Waals surface area contributed by atoms with Crippen molar-refractivity contribution in [2.75, 3.05) is 26.2 Å². The van der Waals surface area contributed by atoms with Gasteiger partial charge >= 0.3 is 6.09 Å². The molecule has 0 atom stereocenters. The van der Waals surface area contributed by atoms with Gasteiger partial charge in [-0.3, -0.25) is 4.55 Å². The van der Waals surface area contributed by atoms with E-state index in [1.54, 1.807) is 12.1 Å². The number of carbonyl (C=O) groups is 1. The monoisotopic (exact) mass is 342 g/mol. The van der Waals surface area contributed by atoms with E-state index < -0.39 is 10.1 Å². The summed E-state index contributed by atoms with van der Waals surface area (Å²) in [5.41, 5.74) is 0.956. The van der Waals surface area contributed by atoms with E-state index in [2.05, 4.69) is 5.32 Å². The molecule has 0 spiro atoms. The number of benzene rings is 1. The van der Waals surface area contributed by atoms with E-state index in [1.165, 1.54) is 12.1 Å². The molecule has 2 saturated heterocycles. The summed E-state index contributed by atoms with van der Waals surface area (Å²) in [6.07, 6.45) is 2.01.